The Hall–Kier alpha value is -2.41. The van der Waals surface area contributed by atoms with Crippen molar-refractivity contribution in [3.8, 4) is 16.9 Å². The molecule has 0 radical (unpaired) electrons. The molecule has 160 valence electrons. The molecule has 1 heterocycles. The van der Waals surface area contributed by atoms with Crippen molar-refractivity contribution in [1.29, 1.82) is 0 Å². The lowest BCUT2D eigenvalue weighted by Crippen LogP contribution is -2.01. The van der Waals surface area contributed by atoms with E-state index in [4.69, 9.17) is 4.74 Å². The van der Waals surface area contributed by atoms with Crippen molar-refractivity contribution in [1.82, 2.24) is 0 Å². The van der Waals surface area contributed by atoms with Gasteiger partial charge in [-0.25, -0.2) is 4.39 Å². The van der Waals surface area contributed by atoms with Gasteiger partial charge in [0, 0.05) is 0 Å². The van der Waals surface area contributed by atoms with Gasteiger partial charge in [-0.3, -0.25) is 0 Å². The van der Waals surface area contributed by atoms with E-state index in [2.05, 4.69) is 0 Å². The van der Waals surface area contributed by atoms with Crippen molar-refractivity contribution < 1.29 is 26.7 Å². The lowest BCUT2D eigenvalue weighted by atomic mass is 10.0. The van der Waals surface area contributed by atoms with Crippen LogP contribution in [0.4, 0.5) is 22.0 Å². The van der Waals surface area contributed by atoms with Crippen molar-refractivity contribution >= 4 is 11.3 Å². The third kappa shape index (κ3) is 4.83. The number of rotatable bonds is 7. The summed E-state index contributed by atoms with van der Waals surface area (Å²) < 4.78 is 73.7. The monoisotopic (exact) mass is 440 g/mol. The van der Waals surface area contributed by atoms with Crippen LogP contribution in [0, 0.1) is 11.6 Å². The zero-order valence-electron chi connectivity index (χ0n) is 16.6. The number of thiophene rings is 1. The van der Waals surface area contributed by atoms with Gasteiger partial charge in [0.05, 0.1) is 4.88 Å². The Bertz CT molecular complexity index is 1010. The fourth-order valence-corrected chi connectivity index (χ4v) is 4.09. The van der Waals surface area contributed by atoms with E-state index >= 15 is 0 Å². The molecule has 0 unspecified atom stereocenters. The number of hydrogen-bond donors (Lipinski definition) is 0. The van der Waals surface area contributed by atoms with Gasteiger partial charge in [0.2, 0.25) is 5.82 Å². The molecule has 3 aromatic rings. The Balaban J connectivity index is 1.91. The van der Waals surface area contributed by atoms with E-state index in [-0.39, 0.29) is 17.9 Å². The molecule has 2 aromatic carbocycles. The van der Waals surface area contributed by atoms with E-state index in [1.165, 1.54) is 12.1 Å². The summed E-state index contributed by atoms with van der Waals surface area (Å²) in [4.78, 5) is -0.468. The number of ether oxygens (including phenoxy) is 1. The normalized spacial score (nSPS) is 11.7. The van der Waals surface area contributed by atoms with E-state index < -0.39 is 22.7 Å². The fourth-order valence-electron chi connectivity index (χ4n) is 3.13. The topological polar surface area (TPSA) is 9.23 Å². The second-order valence-electron chi connectivity index (χ2n) is 6.89. The van der Waals surface area contributed by atoms with Crippen LogP contribution in [0.1, 0.15) is 41.1 Å². The number of halogens is 5. The number of alkyl halides is 3. The van der Waals surface area contributed by atoms with Crippen molar-refractivity contribution in [3.05, 3.63) is 75.0 Å². The molecule has 0 aliphatic carbocycles. The van der Waals surface area contributed by atoms with E-state index in [1.54, 1.807) is 12.1 Å². The average Bonchev–Trinajstić information content (AvgIpc) is 3.16. The molecular weight excluding hydrogens is 419 g/mol. The standard InChI is InChI=1S/C23H21F5OS/c1-3-5-16-10-11-18(22(25)21(16)24)29-13-19-17(12-20(30-19)23(26,27)28)15-8-6-14(4-2)7-9-15/h6-12H,3-5,13H2,1-2H3. The minimum absolute atomic E-state index is 0.245. The summed E-state index contributed by atoms with van der Waals surface area (Å²) in [5, 5.41) is 0. The first-order valence-electron chi connectivity index (χ1n) is 9.63. The van der Waals surface area contributed by atoms with Crippen molar-refractivity contribution in [2.24, 2.45) is 0 Å². The van der Waals surface area contributed by atoms with Crippen molar-refractivity contribution in [2.45, 2.75) is 45.9 Å². The molecule has 0 atom stereocenters. The van der Waals surface area contributed by atoms with Crippen LogP contribution in [0.25, 0.3) is 11.1 Å². The van der Waals surface area contributed by atoms with Crippen LogP contribution in [0.15, 0.2) is 42.5 Å². The van der Waals surface area contributed by atoms with Gasteiger partial charge in [-0.15, -0.1) is 11.3 Å². The second kappa shape index (κ2) is 9.16. The molecular formula is C23H21F5OS. The summed E-state index contributed by atoms with van der Waals surface area (Å²) in [6.45, 7) is 3.54. The predicted molar refractivity (Wildman–Crippen MR) is 109 cm³/mol. The lowest BCUT2D eigenvalue weighted by Gasteiger charge is -2.11. The number of aryl methyl sites for hydroxylation is 2. The quantitative estimate of drug-likeness (QED) is 0.341. The highest BCUT2D eigenvalue weighted by atomic mass is 32.1. The van der Waals surface area contributed by atoms with Crippen LogP contribution in [-0.2, 0) is 25.6 Å². The van der Waals surface area contributed by atoms with E-state index in [9.17, 15) is 22.0 Å². The molecule has 0 aliphatic heterocycles. The largest absolute Gasteiger partial charge is 0.485 e. The molecule has 0 amide bonds. The van der Waals surface area contributed by atoms with Gasteiger partial charge in [0.1, 0.15) is 11.5 Å². The summed E-state index contributed by atoms with van der Waals surface area (Å²) in [7, 11) is 0. The van der Waals surface area contributed by atoms with Gasteiger partial charge in [-0.1, -0.05) is 50.6 Å². The summed E-state index contributed by atoms with van der Waals surface area (Å²) in [5.41, 5.74) is 2.29. The zero-order chi connectivity index (χ0) is 21.9. The highest BCUT2D eigenvalue weighted by Gasteiger charge is 2.34. The average molecular weight is 440 g/mol. The first-order chi connectivity index (χ1) is 14.2. The first-order valence-corrected chi connectivity index (χ1v) is 10.4. The molecule has 0 bridgehead atoms. The molecule has 0 saturated heterocycles. The highest BCUT2D eigenvalue weighted by molar-refractivity contribution is 7.12. The molecule has 30 heavy (non-hydrogen) atoms. The van der Waals surface area contributed by atoms with Gasteiger partial charge in [-0.05, 0) is 47.2 Å². The zero-order valence-corrected chi connectivity index (χ0v) is 17.4. The van der Waals surface area contributed by atoms with Crippen LogP contribution in [0.5, 0.6) is 5.75 Å². The smallest absolute Gasteiger partial charge is 0.425 e. The van der Waals surface area contributed by atoms with E-state index in [1.807, 2.05) is 26.0 Å². The Morgan fingerprint density at radius 1 is 0.933 bits per heavy atom. The Kier molecular flexibility index (Phi) is 6.81. The van der Waals surface area contributed by atoms with Gasteiger partial charge in [0.15, 0.2) is 11.6 Å². The van der Waals surface area contributed by atoms with Gasteiger partial charge in [0.25, 0.3) is 0 Å². The number of benzene rings is 2. The third-order valence-electron chi connectivity index (χ3n) is 4.77. The predicted octanol–water partition coefficient (Wildman–Crippen LogP) is 7.81. The summed E-state index contributed by atoms with van der Waals surface area (Å²) in [5.74, 6) is -2.42. The summed E-state index contributed by atoms with van der Waals surface area (Å²) in [6, 6.07) is 11.0. The van der Waals surface area contributed by atoms with Gasteiger partial charge >= 0.3 is 6.18 Å². The summed E-state index contributed by atoms with van der Waals surface area (Å²) in [6.07, 6.45) is -2.64. The second-order valence-corrected chi connectivity index (χ2v) is 8.02. The van der Waals surface area contributed by atoms with E-state index in [0.717, 1.165) is 18.1 Å². The van der Waals surface area contributed by atoms with Crippen molar-refractivity contribution in [2.75, 3.05) is 0 Å². The van der Waals surface area contributed by atoms with E-state index in [0.29, 0.717) is 40.2 Å². The Labute approximate surface area is 176 Å². The van der Waals surface area contributed by atoms with Gasteiger partial charge in [-0.2, -0.15) is 17.6 Å². The van der Waals surface area contributed by atoms with Crippen LogP contribution in [-0.4, -0.2) is 0 Å². The minimum atomic E-state index is -4.50. The van der Waals surface area contributed by atoms with Crippen LogP contribution < -0.4 is 4.74 Å². The molecule has 0 saturated carbocycles. The molecule has 3 rings (SSSR count). The first kappa shape index (κ1) is 22.3. The maximum absolute atomic E-state index is 14.3. The minimum Gasteiger partial charge on any atom is -0.485 e. The van der Waals surface area contributed by atoms with Crippen LogP contribution in [0.3, 0.4) is 0 Å². The van der Waals surface area contributed by atoms with Crippen LogP contribution in [0.2, 0.25) is 0 Å². The third-order valence-corrected chi connectivity index (χ3v) is 5.92. The maximum atomic E-state index is 14.3. The SMILES string of the molecule is CCCc1ccc(OCc2sc(C(F)(F)F)cc2-c2ccc(CC)cc2)c(F)c1F. The highest BCUT2D eigenvalue weighted by Crippen LogP contribution is 2.41. The summed E-state index contributed by atoms with van der Waals surface area (Å²) >= 11 is 0.546. The molecule has 0 N–H and O–H groups in total. The van der Waals surface area contributed by atoms with Crippen molar-refractivity contribution in [3.63, 3.8) is 0 Å². The molecule has 0 spiro atoms. The molecule has 7 heteroatoms. The number of hydrogen-bond acceptors (Lipinski definition) is 2. The molecule has 1 nitrogen and oxygen atoms in total. The van der Waals surface area contributed by atoms with Gasteiger partial charge < -0.3 is 4.74 Å². The molecule has 0 fully saturated rings. The lowest BCUT2D eigenvalue weighted by molar-refractivity contribution is -0.134. The Morgan fingerprint density at radius 2 is 1.63 bits per heavy atom. The maximum Gasteiger partial charge on any atom is 0.425 e. The molecule has 1 aromatic heterocycles. The fraction of sp³-hybridized carbons (Fsp3) is 0.304. The van der Waals surface area contributed by atoms with Crippen LogP contribution >= 0.6 is 11.3 Å². The molecule has 0 aliphatic rings. The Morgan fingerprint density at radius 3 is 2.23 bits per heavy atom.